The topological polar surface area (TPSA) is 63.6 Å². The lowest BCUT2D eigenvalue weighted by molar-refractivity contribution is 0.170. The summed E-state index contributed by atoms with van der Waals surface area (Å²) in [7, 11) is -2.78. The predicted molar refractivity (Wildman–Crippen MR) is 31.5 cm³/mol. The summed E-state index contributed by atoms with van der Waals surface area (Å²) in [5.41, 5.74) is -1.04. The van der Waals surface area contributed by atoms with Crippen LogP contribution in [0.15, 0.2) is 0 Å². The van der Waals surface area contributed by atoms with Crippen molar-refractivity contribution in [2.24, 2.45) is 0 Å². The van der Waals surface area contributed by atoms with Crippen molar-refractivity contribution in [1.82, 2.24) is 0 Å². The van der Waals surface area contributed by atoms with E-state index in [2.05, 4.69) is 4.74 Å². The van der Waals surface area contributed by atoms with Crippen LogP contribution in [0.4, 0.5) is 4.79 Å². The maximum absolute atomic E-state index is 10.1. The first-order chi connectivity index (χ1) is 4.18. The van der Waals surface area contributed by atoms with E-state index in [-0.39, 0.29) is 6.61 Å². The molecule has 0 heterocycles. The molecular weight excluding hydrogens is 143 g/mol. The SMILES string of the molecule is CCCOC(=O)[P+](=O)O. The van der Waals surface area contributed by atoms with Gasteiger partial charge in [0.1, 0.15) is 0 Å². The van der Waals surface area contributed by atoms with Crippen LogP contribution in [0.3, 0.4) is 0 Å². The lowest BCUT2D eigenvalue weighted by atomic mass is 10.5. The van der Waals surface area contributed by atoms with Gasteiger partial charge in [-0.1, -0.05) is 6.92 Å². The van der Waals surface area contributed by atoms with Crippen LogP contribution in [0, 0.1) is 0 Å². The highest BCUT2D eigenvalue weighted by Gasteiger charge is 2.27. The molecule has 0 saturated carbocycles. The Hall–Kier alpha value is -0.470. The highest BCUT2D eigenvalue weighted by Crippen LogP contribution is 2.15. The normalized spacial score (nSPS) is 10.7. The number of ether oxygens (including phenoxy) is 1. The molecule has 0 rings (SSSR count). The smallest absolute Gasteiger partial charge is 0.425 e. The molecule has 0 aliphatic carbocycles. The van der Waals surface area contributed by atoms with Crippen LogP contribution in [0.25, 0.3) is 0 Å². The van der Waals surface area contributed by atoms with Crippen LogP contribution in [-0.2, 0) is 9.30 Å². The van der Waals surface area contributed by atoms with Gasteiger partial charge in [0.05, 0.1) is 6.61 Å². The third-order valence-corrected chi connectivity index (χ3v) is 1.03. The molecule has 0 saturated heterocycles. The van der Waals surface area contributed by atoms with Crippen LogP contribution in [0.1, 0.15) is 13.3 Å². The second kappa shape index (κ2) is 4.41. The average molecular weight is 151 g/mol. The molecule has 1 atom stereocenters. The van der Waals surface area contributed by atoms with Crippen LogP contribution in [0.5, 0.6) is 0 Å². The van der Waals surface area contributed by atoms with Crippen molar-refractivity contribution in [1.29, 1.82) is 0 Å². The van der Waals surface area contributed by atoms with Crippen molar-refractivity contribution in [2.45, 2.75) is 13.3 Å². The Bertz CT molecular complexity index is 122. The van der Waals surface area contributed by atoms with E-state index in [1.54, 1.807) is 6.92 Å². The molecule has 0 spiro atoms. The monoisotopic (exact) mass is 151 g/mol. The second-order valence-corrected chi connectivity index (χ2v) is 2.30. The summed E-state index contributed by atoms with van der Waals surface area (Å²) in [6, 6.07) is 0. The molecule has 5 heteroatoms. The quantitative estimate of drug-likeness (QED) is 0.617. The third kappa shape index (κ3) is 4.06. The zero-order valence-electron chi connectivity index (χ0n) is 5.03. The summed E-state index contributed by atoms with van der Waals surface area (Å²) in [5, 5.41) is 0. The van der Waals surface area contributed by atoms with Crippen molar-refractivity contribution >= 4 is 13.7 Å². The van der Waals surface area contributed by atoms with Crippen molar-refractivity contribution in [3.63, 3.8) is 0 Å². The van der Waals surface area contributed by atoms with E-state index in [1.807, 2.05) is 0 Å². The highest BCUT2D eigenvalue weighted by atomic mass is 31.1. The number of carbonyl (C=O) groups excluding carboxylic acids is 1. The Kier molecular flexibility index (Phi) is 4.18. The van der Waals surface area contributed by atoms with Crippen molar-refractivity contribution in [3.8, 4) is 0 Å². The Morgan fingerprint density at radius 2 is 2.33 bits per heavy atom. The van der Waals surface area contributed by atoms with Crippen LogP contribution in [-0.4, -0.2) is 17.2 Å². The van der Waals surface area contributed by atoms with E-state index in [1.165, 1.54) is 0 Å². The van der Waals surface area contributed by atoms with Crippen molar-refractivity contribution in [3.05, 3.63) is 0 Å². The van der Waals surface area contributed by atoms with Gasteiger partial charge in [0, 0.05) is 0 Å². The standard InChI is InChI=1S/C4H7O4P/c1-2-3-8-4(5)9(6)7/h2-3H2,1H3/p+1. The van der Waals surface area contributed by atoms with E-state index in [4.69, 9.17) is 4.89 Å². The number of hydrogen-bond donors (Lipinski definition) is 1. The first kappa shape index (κ1) is 8.53. The molecule has 0 radical (unpaired) electrons. The molecule has 1 unspecified atom stereocenters. The van der Waals surface area contributed by atoms with Gasteiger partial charge in [-0.05, 0) is 11.0 Å². The molecule has 0 aromatic carbocycles. The number of rotatable bonds is 3. The maximum Gasteiger partial charge on any atom is 0.633 e. The molecule has 0 bridgehead atoms. The van der Waals surface area contributed by atoms with Gasteiger partial charge in [0.2, 0.25) is 0 Å². The predicted octanol–water partition coefficient (Wildman–Crippen LogP) is 1.27. The van der Waals surface area contributed by atoms with Gasteiger partial charge >= 0.3 is 13.7 Å². The Labute approximate surface area is 53.7 Å². The van der Waals surface area contributed by atoms with Crippen molar-refractivity contribution < 1.29 is 19.0 Å². The zero-order chi connectivity index (χ0) is 7.28. The summed E-state index contributed by atoms with van der Waals surface area (Å²) in [5.74, 6) is 0. The van der Waals surface area contributed by atoms with E-state index in [0.717, 1.165) is 0 Å². The lowest BCUT2D eigenvalue weighted by Crippen LogP contribution is -1.96. The van der Waals surface area contributed by atoms with Gasteiger partial charge in [-0.3, -0.25) is 0 Å². The molecule has 0 aromatic heterocycles. The Morgan fingerprint density at radius 1 is 1.78 bits per heavy atom. The van der Waals surface area contributed by atoms with Gasteiger partial charge in [0.25, 0.3) is 0 Å². The first-order valence-electron chi connectivity index (χ1n) is 2.51. The van der Waals surface area contributed by atoms with Crippen LogP contribution in [0.2, 0.25) is 0 Å². The fourth-order valence-corrected chi connectivity index (χ4v) is 0.446. The summed E-state index contributed by atoms with van der Waals surface area (Å²) in [6.45, 7) is 2.01. The van der Waals surface area contributed by atoms with Gasteiger partial charge in [0.15, 0.2) is 0 Å². The second-order valence-electron chi connectivity index (χ2n) is 1.39. The van der Waals surface area contributed by atoms with Crippen LogP contribution < -0.4 is 0 Å². The fraction of sp³-hybridized carbons (Fsp3) is 0.750. The number of hydrogen-bond acceptors (Lipinski definition) is 3. The molecule has 4 nitrogen and oxygen atoms in total. The van der Waals surface area contributed by atoms with Gasteiger partial charge in [-0.15, -0.1) is 0 Å². The number of carbonyl (C=O) groups is 1. The Morgan fingerprint density at radius 3 is 2.67 bits per heavy atom. The van der Waals surface area contributed by atoms with E-state index < -0.39 is 13.7 Å². The van der Waals surface area contributed by atoms with Gasteiger partial charge < -0.3 is 4.74 Å². The minimum atomic E-state index is -2.78. The molecule has 52 valence electrons. The average Bonchev–Trinajstić information content (AvgIpc) is 1.82. The first-order valence-corrected chi connectivity index (χ1v) is 3.72. The summed E-state index contributed by atoms with van der Waals surface area (Å²) < 4.78 is 14.2. The maximum atomic E-state index is 10.1. The van der Waals surface area contributed by atoms with E-state index in [9.17, 15) is 9.36 Å². The molecule has 0 aliphatic heterocycles. The lowest BCUT2D eigenvalue weighted by Gasteiger charge is -1.88. The molecule has 0 amide bonds. The molecular formula is C4H8O4P+. The van der Waals surface area contributed by atoms with Crippen LogP contribution >= 0.6 is 8.03 Å². The van der Waals surface area contributed by atoms with E-state index in [0.29, 0.717) is 6.42 Å². The molecule has 0 aliphatic rings. The third-order valence-electron chi connectivity index (χ3n) is 0.586. The van der Waals surface area contributed by atoms with E-state index >= 15 is 0 Å². The molecule has 0 fully saturated rings. The highest BCUT2D eigenvalue weighted by molar-refractivity contribution is 7.57. The molecule has 0 aromatic rings. The minimum absolute atomic E-state index is 0.209. The minimum Gasteiger partial charge on any atom is -0.425 e. The zero-order valence-corrected chi connectivity index (χ0v) is 5.93. The Balaban J connectivity index is 3.39. The summed E-state index contributed by atoms with van der Waals surface area (Å²) in [6.07, 6.45) is 0.662. The molecule has 1 N–H and O–H groups in total. The molecule has 9 heavy (non-hydrogen) atoms. The fourth-order valence-electron chi connectivity index (χ4n) is 0.245. The largest absolute Gasteiger partial charge is 0.633 e. The van der Waals surface area contributed by atoms with Gasteiger partial charge in [-0.2, -0.15) is 9.69 Å². The summed E-state index contributed by atoms with van der Waals surface area (Å²) >= 11 is 0. The van der Waals surface area contributed by atoms with Crippen molar-refractivity contribution in [2.75, 3.05) is 6.61 Å². The van der Waals surface area contributed by atoms with Gasteiger partial charge in [-0.25, -0.2) is 0 Å². The summed E-state index contributed by atoms with van der Waals surface area (Å²) in [4.78, 5) is 18.2.